The van der Waals surface area contributed by atoms with Crippen LogP contribution in [-0.4, -0.2) is 48.3 Å². The molecule has 0 spiro atoms. The minimum atomic E-state index is -1.21. The van der Waals surface area contributed by atoms with E-state index in [9.17, 15) is 4.79 Å². The number of aliphatic imine (C=N–C) groups is 1. The number of rotatable bonds is 13. The fraction of sp³-hybridized carbons (Fsp3) is 0.257. The summed E-state index contributed by atoms with van der Waals surface area (Å²) >= 11 is 3.65. The van der Waals surface area contributed by atoms with Gasteiger partial charge >= 0.3 is 0 Å². The van der Waals surface area contributed by atoms with E-state index < -0.39 is 11.6 Å². The summed E-state index contributed by atoms with van der Waals surface area (Å²) in [6, 6.07) is 35.8. The number of nitrogens with one attached hydrogen (secondary N) is 2. The first-order valence-electron chi connectivity index (χ1n) is 14.5. The normalized spacial score (nSPS) is 17.8. The van der Waals surface area contributed by atoms with Crippen LogP contribution in [0, 0.1) is 0 Å². The van der Waals surface area contributed by atoms with Crippen LogP contribution in [0.1, 0.15) is 41.5 Å². The summed E-state index contributed by atoms with van der Waals surface area (Å²) in [5, 5.41) is 9.01. The average Bonchev–Trinajstić information content (AvgIpc) is 3.38. The number of hydrogen-bond acceptors (Lipinski definition) is 6. The number of aliphatic hydroxyl groups excluding tert-OH is 1. The highest BCUT2D eigenvalue weighted by Crippen LogP contribution is 2.34. The van der Waals surface area contributed by atoms with E-state index in [0.717, 1.165) is 26.7 Å². The van der Waals surface area contributed by atoms with Crippen molar-refractivity contribution in [2.75, 3.05) is 19.8 Å². The first kappa shape index (κ1) is 30.5. The lowest BCUT2D eigenvalue weighted by Gasteiger charge is -2.29. The number of aliphatic hydroxyl groups is 1. The van der Waals surface area contributed by atoms with Crippen molar-refractivity contribution >= 4 is 27.7 Å². The van der Waals surface area contributed by atoms with Crippen molar-refractivity contribution in [1.29, 1.82) is 0 Å². The second kappa shape index (κ2) is 14.5. The second-order valence-corrected chi connectivity index (χ2v) is 11.4. The van der Waals surface area contributed by atoms with Gasteiger partial charge in [0.15, 0.2) is 5.54 Å². The zero-order valence-corrected chi connectivity index (χ0v) is 25.7. The van der Waals surface area contributed by atoms with Crippen molar-refractivity contribution in [3.63, 3.8) is 0 Å². The summed E-state index contributed by atoms with van der Waals surface area (Å²) in [7, 11) is 0. The van der Waals surface area contributed by atoms with Gasteiger partial charge < -0.3 is 14.6 Å². The third-order valence-electron chi connectivity index (χ3n) is 7.66. The molecule has 1 heterocycles. The molecule has 1 aliphatic heterocycles. The molecule has 2 atom stereocenters. The number of benzene rings is 4. The molecule has 8 heteroatoms. The number of halogens is 1. The molecule has 0 aromatic heterocycles. The number of amides is 1. The zero-order chi connectivity index (χ0) is 30.1. The molecule has 43 heavy (non-hydrogen) atoms. The average molecular weight is 643 g/mol. The van der Waals surface area contributed by atoms with Crippen LogP contribution in [-0.2, 0) is 16.0 Å². The molecule has 5 rings (SSSR count). The van der Waals surface area contributed by atoms with E-state index in [4.69, 9.17) is 19.6 Å². The SMILES string of the molecule is C[C@@H]1OC(c2ccc(OCCCO)cc2)=N[C@]1(Cc1ccccc1Br)C(=O)NNCC(c1ccccc1)c1ccccc1. The van der Waals surface area contributed by atoms with Crippen LogP contribution in [0.25, 0.3) is 0 Å². The van der Waals surface area contributed by atoms with Gasteiger partial charge in [-0.15, -0.1) is 0 Å². The monoisotopic (exact) mass is 641 g/mol. The van der Waals surface area contributed by atoms with Crippen LogP contribution in [0.3, 0.4) is 0 Å². The standard InChI is InChI=1S/C35H36BrN3O4/c1-25-35(23-29-15-8-9-16-32(29)36,38-33(43-25)28-17-19-30(20-18-28)42-22-10-21-40)34(41)39-37-24-31(26-11-4-2-5-12-26)27-13-6-3-7-14-27/h2-9,11-20,25,31,37,40H,10,21-24H2,1H3,(H,39,41)/t25-,35-/m0/s1. The number of carbonyl (C=O) groups excluding carboxylic acids is 1. The van der Waals surface area contributed by atoms with Crippen molar-refractivity contribution < 1.29 is 19.4 Å². The molecule has 3 N–H and O–H groups in total. The summed E-state index contributed by atoms with van der Waals surface area (Å²) in [6.45, 7) is 2.89. The molecule has 0 fully saturated rings. The number of nitrogens with zero attached hydrogens (tertiary/aromatic N) is 1. The van der Waals surface area contributed by atoms with Gasteiger partial charge in [0.1, 0.15) is 11.9 Å². The van der Waals surface area contributed by atoms with E-state index in [-0.39, 0.29) is 18.4 Å². The van der Waals surface area contributed by atoms with Gasteiger partial charge in [-0.3, -0.25) is 10.2 Å². The third kappa shape index (κ3) is 7.33. The number of hydrogen-bond donors (Lipinski definition) is 3. The molecule has 7 nitrogen and oxygen atoms in total. The Morgan fingerprint density at radius 3 is 2.21 bits per heavy atom. The number of carbonyl (C=O) groups is 1. The minimum Gasteiger partial charge on any atom is -0.494 e. The van der Waals surface area contributed by atoms with E-state index >= 15 is 0 Å². The molecule has 222 valence electrons. The second-order valence-electron chi connectivity index (χ2n) is 10.5. The number of hydrazine groups is 1. The first-order chi connectivity index (χ1) is 21.0. The highest BCUT2D eigenvalue weighted by Gasteiger charge is 2.50. The largest absolute Gasteiger partial charge is 0.494 e. The predicted octanol–water partition coefficient (Wildman–Crippen LogP) is 5.81. The van der Waals surface area contributed by atoms with Crippen LogP contribution in [0.4, 0.5) is 0 Å². The summed E-state index contributed by atoms with van der Waals surface area (Å²) in [5.41, 5.74) is 9.01. The van der Waals surface area contributed by atoms with Crippen molar-refractivity contribution in [3.8, 4) is 5.75 Å². The van der Waals surface area contributed by atoms with Gasteiger partial charge in [0.25, 0.3) is 5.91 Å². The van der Waals surface area contributed by atoms with E-state index in [1.54, 1.807) is 0 Å². The Balaban J connectivity index is 1.38. The van der Waals surface area contributed by atoms with E-state index in [1.807, 2.05) is 91.9 Å². The maximum atomic E-state index is 14.1. The number of ether oxygens (including phenoxy) is 2. The molecule has 0 saturated heterocycles. The Kier molecular flexibility index (Phi) is 10.3. The molecule has 0 saturated carbocycles. The highest BCUT2D eigenvalue weighted by atomic mass is 79.9. The lowest BCUT2D eigenvalue weighted by atomic mass is 9.86. The van der Waals surface area contributed by atoms with Gasteiger partial charge in [0, 0.05) is 41.9 Å². The summed E-state index contributed by atoms with van der Waals surface area (Å²) in [6.07, 6.45) is 0.374. The maximum Gasteiger partial charge on any atom is 0.266 e. The molecule has 4 aromatic carbocycles. The smallest absolute Gasteiger partial charge is 0.266 e. The van der Waals surface area contributed by atoms with Crippen molar-refractivity contribution in [2.24, 2.45) is 4.99 Å². The topological polar surface area (TPSA) is 92.2 Å². The van der Waals surface area contributed by atoms with E-state index in [0.29, 0.717) is 37.6 Å². The van der Waals surface area contributed by atoms with Gasteiger partial charge in [0.2, 0.25) is 5.90 Å². The van der Waals surface area contributed by atoms with Gasteiger partial charge in [0.05, 0.1) is 6.61 Å². The summed E-state index contributed by atoms with van der Waals surface area (Å²) < 4.78 is 12.8. The zero-order valence-electron chi connectivity index (χ0n) is 24.1. The van der Waals surface area contributed by atoms with Gasteiger partial charge in [-0.05, 0) is 53.9 Å². The Morgan fingerprint density at radius 1 is 0.953 bits per heavy atom. The molecule has 4 aromatic rings. The fourth-order valence-electron chi connectivity index (χ4n) is 5.22. The Morgan fingerprint density at radius 2 is 1.58 bits per heavy atom. The van der Waals surface area contributed by atoms with Crippen LogP contribution in [0.5, 0.6) is 5.75 Å². The fourth-order valence-corrected chi connectivity index (χ4v) is 5.64. The Hall–Kier alpha value is -3.98. The molecule has 0 radical (unpaired) electrons. The molecule has 1 aliphatic rings. The molecular formula is C35H36BrN3O4. The molecule has 1 amide bonds. The van der Waals surface area contributed by atoms with E-state index in [2.05, 4.69) is 51.0 Å². The van der Waals surface area contributed by atoms with Gasteiger partial charge in [-0.25, -0.2) is 10.4 Å². The van der Waals surface area contributed by atoms with Crippen molar-refractivity contribution in [1.82, 2.24) is 10.9 Å². The van der Waals surface area contributed by atoms with Crippen LogP contribution in [0.15, 0.2) is 119 Å². The van der Waals surface area contributed by atoms with Gasteiger partial charge in [-0.2, -0.15) is 0 Å². The molecule has 0 aliphatic carbocycles. The molecule has 0 bridgehead atoms. The van der Waals surface area contributed by atoms with E-state index in [1.165, 1.54) is 0 Å². The van der Waals surface area contributed by atoms with Crippen LogP contribution < -0.4 is 15.6 Å². The van der Waals surface area contributed by atoms with Gasteiger partial charge in [-0.1, -0.05) is 94.8 Å². The molecular weight excluding hydrogens is 606 g/mol. The lowest BCUT2D eigenvalue weighted by Crippen LogP contribution is -2.56. The third-order valence-corrected chi connectivity index (χ3v) is 8.43. The first-order valence-corrected chi connectivity index (χ1v) is 15.3. The Bertz CT molecular complexity index is 1480. The summed E-state index contributed by atoms with van der Waals surface area (Å²) in [5.74, 6) is 0.866. The van der Waals surface area contributed by atoms with Crippen molar-refractivity contribution in [2.45, 2.75) is 37.3 Å². The van der Waals surface area contributed by atoms with Crippen LogP contribution >= 0.6 is 15.9 Å². The quantitative estimate of drug-likeness (QED) is 0.127. The molecule has 0 unspecified atom stereocenters. The summed E-state index contributed by atoms with van der Waals surface area (Å²) in [4.78, 5) is 19.1. The van der Waals surface area contributed by atoms with Crippen LogP contribution in [0.2, 0.25) is 0 Å². The maximum absolute atomic E-state index is 14.1. The Labute approximate surface area is 261 Å². The highest BCUT2D eigenvalue weighted by molar-refractivity contribution is 9.10. The minimum absolute atomic E-state index is 0.0383. The van der Waals surface area contributed by atoms with Crippen molar-refractivity contribution in [3.05, 3.63) is 136 Å². The predicted molar refractivity (Wildman–Crippen MR) is 172 cm³/mol. The lowest BCUT2D eigenvalue weighted by molar-refractivity contribution is -0.129.